The number of hydrogen-bond acceptors (Lipinski definition) is 4. The molecule has 1 fully saturated rings. The Hall–Kier alpha value is -1.11. The predicted molar refractivity (Wildman–Crippen MR) is 74.7 cm³/mol. The van der Waals surface area contributed by atoms with Crippen molar-refractivity contribution in [1.82, 2.24) is 9.62 Å². The fourth-order valence-corrected chi connectivity index (χ4v) is 3.72. The second kappa shape index (κ2) is 6.36. The SMILES string of the molecule is COc1cccc(CS(=O)(=O)N2CCCNCC2)c1. The molecule has 106 valence electrons. The Bertz CT molecular complexity index is 508. The summed E-state index contributed by atoms with van der Waals surface area (Å²) in [5.74, 6) is 0.717. The van der Waals surface area contributed by atoms with Crippen molar-refractivity contribution < 1.29 is 13.2 Å². The van der Waals surface area contributed by atoms with E-state index in [9.17, 15) is 8.42 Å². The first-order valence-electron chi connectivity index (χ1n) is 6.43. The molecule has 5 nitrogen and oxygen atoms in total. The maximum atomic E-state index is 12.4. The number of nitrogens with zero attached hydrogens (tertiary/aromatic N) is 1. The van der Waals surface area contributed by atoms with Gasteiger partial charge in [-0.1, -0.05) is 12.1 Å². The van der Waals surface area contributed by atoms with Crippen molar-refractivity contribution in [2.45, 2.75) is 12.2 Å². The van der Waals surface area contributed by atoms with Crippen LogP contribution in [-0.4, -0.2) is 46.0 Å². The summed E-state index contributed by atoms with van der Waals surface area (Å²) in [7, 11) is -1.67. The van der Waals surface area contributed by atoms with Gasteiger partial charge in [0.2, 0.25) is 10.0 Å². The number of methoxy groups -OCH3 is 1. The molecule has 1 aromatic rings. The van der Waals surface area contributed by atoms with Gasteiger partial charge in [-0.05, 0) is 30.7 Å². The summed E-state index contributed by atoms with van der Waals surface area (Å²) >= 11 is 0. The number of ether oxygens (including phenoxy) is 1. The molecule has 0 atom stereocenters. The highest BCUT2D eigenvalue weighted by Crippen LogP contribution is 2.17. The van der Waals surface area contributed by atoms with E-state index in [2.05, 4.69) is 5.32 Å². The quantitative estimate of drug-likeness (QED) is 0.889. The Morgan fingerprint density at radius 3 is 2.95 bits per heavy atom. The van der Waals surface area contributed by atoms with Gasteiger partial charge in [-0.25, -0.2) is 12.7 Å². The van der Waals surface area contributed by atoms with Gasteiger partial charge in [-0.2, -0.15) is 0 Å². The molecule has 1 heterocycles. The number of sulfonamides is 1. The molecular formula is C13H20N2O3S. The number of nitrogens with one attached hydrogen (secondary N) is 1. The summed E-state index contributed by atoms with van der Waals surface area (Å²) in [5.41, 5.74) is 0.761. The van der Waals surface area contributed by atoms with Gasteiger partial charge < -0.3 is 10.1 Å². The lowest BCUT2D eigenvalue weighted by Crippen LogP contribution is -2.35. The summed E-state index contributed by atoms with van der Waals surface area (Å²) < 4.78 is 31.4. The highest BCUT2D eigenvalue weighted by molar-refractivity contribution is 7.88. The molecule has 1 aliphatic rings. The Kier molecular flexibility index (Phi) is 4.79. The van der Waals surface area contributed by atoms with Crippen molar-refractivity contribution in [3.8, 4) is 5.75 Å². The number of benzene rings is 1. The van der Waals surface area contributed by atoms with Gasteiger partial charge in [0.1, 0.15) is 5.75 Å². The third-order valence-electron chi connectivity index (χ3n) is 3.18. The first-order valence-corrected chi connectivity index (χ1v) is 8.04. The van der Waals surface area contributed by atoms with E-state index in [0.717, 1.165) is 25.1 Å². The zero-order valence-corrected chi connectivity index (χ0v) is 11.9. The molecule has 19 heavy (non-hydrogen) atoms. The van der Waals surface area contributed by atoms with E-state index in [1.165, 1.54) is 0 Å². The molecule has 1 aromatic carbocycles. The van der Waals surface area contributed by atoms with E-state index in [-0.39, 0.29) is 5.75 Å². The highest BCUT2D eigenvalue weighted by Gasteiger charge is 2.23. The zero-order valence-electron chi connectivity index (χ0n) is 11.1. The summed E-state index contributed by atoms with van der Waals surface area (Å²) in [4.78, 5) is 0. The molecule has 0 aromatic heterocycles. The van der Waals surface area contributed by atoms with Crippen LogP contribution in [0, 0.1) is 0 Å². The Morgan fingerprint density at radius 2 is 2.16 bits per heavy atom. The normalized spacial score (nSPS) is 17.9. The second-order valence-corrected chi connectivity index (χ2v) is 6.58. The summed E-state index contributed by atoms with van der Waals surface area (Å²) in [5, 5.41) is 3.21. The van der Waals surface area contributed by atoms with E-state index in [1.807, 2.05) is 18.2 Å². The lowest BCUT2D eigenvalue weighted by molar-refractivity contribution is 0.414. The maximum absolute atomic E-state index is 12.4. The predicted octanol–water partition coefficient (Wildman–Crippen LogP) is 0.820. The largest absolute Gasteiger partial charge is 0.497 e. The van der Waals surface area contributed by atoms with Crippen molar-refractivity contribution in [3.63, 3.8) is 0 Å². The highest BCUT2D eigenvalue weighted by atomic mass is 32.2. The van der Waals surface area contributed by atoms with Crippen LogP contribution < -0.4 is 10.1 Å². The first kappa shape index (κ1) is 14.3. The van der Waals surface area contributed by atoms with Crippen molar-refractivity contribution >= 4 is 10.0 Å². The third-order valence-corrected chi connectivity index (χ3v) is 5.03. The standard InChI is InChI=1S/C13H20N2O3S/c1-18-13-5-2-4-12(10-13)11-19(16,17)15-8-3-6-14-7-9-15/h2,4-5,10,14H,3,6-9,11H2,1H3. The molecule has 0 bridgehead atoms. The van der Waals surface area contributed by atoms with Gasteiger partial charge >= 0.3 is 0 Å². The van der Waals surface area contributed by atoms with Crippen LogP contribution in [-0.2, 0) is 15.8 Å². The van der Waals surface area contributed by atoms with Crippen LogP contribution in [0.4, 0.5) is 0 Å². The molecular weight excluding hydrogens is 264 g/mol. The summed E-state index contributed by atoms with van der Waals surface area (Å²) in [6.45, 7) is 2.74. The van der Waals surface area contributed by atoms with Gasteiger partial charge in [-0.3, -0.25) is 0 Å². The minimum Gasteiger partial charge on any atom is -0.497 e. The molecule has 0 unspecified atom stereocenters. The molecule has 1 N–H and O–H groups in total. The summed E-state index contributed by atoms with van der Waals surface area (Å²) in [6, 6.07) is 7.21. The monoisotopic (exact) mass is 284 g/mol. The van der Waals surface area contributed by atoms with Crippen molar-refractivity contribution in [2.75, 3.05) is 33.3 Å². The van der Waals surface area contributed by atoms with Crippen LogP contribution in [0.3, 0.4) is 0 Å². The summed E-state index contributed by atoms with van der Waals surface area (Å²) in [6.07, 6.45) is 0.858. The topological polar surface area (TPSA) is 58.6 Å². The van der Waals surface area contributed by atoms with Crippen LogP contribution >= 0.6 is 0 Å². The van der Waals surface area contributed by atoms with E-state index < -0.39 is 10.0 Å². The van der Waals surface area contributed by atoms with Crippen LogP contribution in [0.5, 0.6) is 5.75 Å². The lowest BCUT2D eigenvalue weighted by Gasteiger charge is -2.19. The number of rotatable bonds is 4. The fraction of sp³-hybridized carbons (Fsp3) is 0.538. The van der Waals surface area contributed by atoms with Crippen LogP contribution in [0.1, 0.15) is 12.0 Å². The minimum absolute atomic E-state index is 0.0319. The van der Waals surface area contributed by atoms with Gasteiger partial charge in [0.25, 0.3) is 0 Å². The molecule has 0 aliphatic carbocycles. The zero-order chi connectivity index (χ0) is 13.7. The molecule has 0 radical (unpaired) electrons. The molecule has 6 heteroatoms. The molecule has 2 rings (SSSR count). The lowest BCUT2D eigenvalue weighted by atomic mass is 10.2. The smallest absolute Gasteiger partial charge is 0.218 e. The van der Waals surface area contributed by atoms with Gasteiger partial charge in [-0.15, -0.1) is 0 Å². The van der Waals surface area contributed by atoms with Crippen LogP contribution in [0.2, 0.25) is 0 Å². The Labute approximate surface area is 114 Å². The average Bonchev–Trinajstić information content (AvgIpc) is 2.68. The van der Waals surface area contributed by atoms with Gasteiger partial charge in [0.15, 0.2) is 0 Å². The van der Waals surface area contributed by atoms with E-state index in [0.29, 0.717) is 18.8 Å². The molecule has 1 saturated heterocycles. The van der Waals surface area contributed by atoms with E-state index in [1.54, 1.807) is 17.5 Å². The Morgan fingerprint density at radius 1 is 1.32 bits per heavy atom. The van der Waals surface area contributed by atoms with Gasteiger partial charge in [0, 0.05) is 19.6 Å². The van der Waals surface area contributed by atoms with Gasteiger partial charge in [0.05, 0.1) is 12.9 Å². The minimum atomic E-state index is -3.25. The van der Waals surface area contributed by atoms with Crippen molar-refractivity contribution in [3.05, 3.63) is 29.8 Å². The van der Waals surface area contributed by atoms with Crippen LogP contribution in [0.25, 0.3) is 0 Å². The first-order chi connectivity index (χ1) is 9.12. The van der Waals surface area contributed by atoms with Crippen LogP contribution in [0.15, 0.2) is 24.3 Å². The Balaban J connectivity index is 2.10. The molecule has 1 aliphatic heterocycles. The maximum Gasteiger partial charge on any atom is 0.218 e. The van der Waals surface area contributed by atoms with Crippen molar-refractivity contribution in [1.29, 1.82) is 0 Å². The average molecular weight is 284 g/mol. The fourth-order valence-electron chi connectivity index (χ4n) is 2.16. The van der Waals surface area contributed by atoms with E-state index >= 15 is 0 Å². The molecule has 0 amide bonds. The van der Waals surface area contributed by atoms with Crippen molar-refractivity contribution in [2.24, 2.45) is 0 Å². The second-order valence-electron chi connectivity index (χ2n) is 4.61. The molecule has 0 saturated carbocycles. The number of hydrogen-bond donors (Lipinski definition) is 1. The third kappa shape index (κ3) is 3.92. The van der Waals surface area contributed by atoms with E-state index in [4.69, 9.17) is 4.74 Å². The molecule has 0 spiro atoms.